The third-order valence-corrected chi connectivity index (χ3v) is 13.7. The predicted octanol–water partition coefficient (Wildman–Crippen LogP) is 1.69. The van der Waals surface area contributed by atoms with Gasteiger partial charge in [0.15, 0.2) is 11.5 Å². The summed E-state index contributed by atoms with van der Waals surface area (Å²) in [6.45, 7) is 4.99. The van der Waals surface area contributed by atoms with E-state index < -0.39 is 76.3 Å². The normalized spacial score (nSPS) is 45.9. The van der Waals surface area contributed by atoms with Crippen LogP contribution in [-0.2, 0) is 33.2 Å². The van der Waals surface area contributed by atoms with E-state index in [0.29, 0.717) is 31.0 Å². The lowest BCUT2D eigenvalue weighted by Gasteiger charge is -2.70. The average Bonchev–Trinajstić information content (AvgIpc) is 3.46. The molecule has 49 heavy (non-hydrogen) atoms. The van der Waals surface area contributed by atoms with Crippen molar-refractivity contribution in [1.82, 2.24) is 4.90 Å². The van der Waals surface area contributed by atoms with Gasteiger partial charge in [0.2, 0.25) is 0 Å². The van der Waals surface area contributed by atoms with Gasteiger partial charge in [0.25, 0.3) is 0 Å². The molecule has 2 N–H and O–H groups in total. The first-order chi connectivity index (χ1) is 23.4. The molecule has 1 aromatic rings. The fourth-order valence-electron chi connectivity index (χ4n) is 12.6. The van der Waals surface area contributed by atoms with Crippen LogP contribution in [-0.4, -0.2) is 137 Å². The number of piperidine rings is 1. The number of nitrogens with zero attached hydrogens (tertiary/aromatic N) is 1. The van der Waals surface area contributed by atoms with E-state index in [9.17, 15) is 19.8 Å². The second-order valence-corrected chi connectivity index (χ2v) is 15.1. The van der Waals surface area contributed by atoms with Gasteiger partial charge in [0.05, 0.1) is 50.8 Å². The number of hydrogen-bond acceptors (Lipinski definition) is 13. The number of aliphatic hydroxyl groups is 2. The second-order valence-electron chi connectivity index (χ2n) is 15.1. The Morgan fingerprint density at radius 3 is 2.27 bits per heavy atom. The minimum absolute atomic E-state index is 0.185. The number of aliphatic hydroxyl groups excluding tert-OH is 1. The largest absolute Gasteiger partial charge is 0.493 e. The van der Waals surface area contributed by atoms with Crippen molar-refractivity contribution in [3.05, 3.63) is 23.8 Å². The standard InChI is InChI=1S/C36H51NO12/c1-9-37-16-33(17-42-3)23(39)13-24(45-6)36-20-14-34(41)25(46-7)15-35(49-18(2)38,27(30(36)37)28(47-8)29(33)36)26(20)31(34)48-32(40)19-10-11-21(43-4)22(12-19)44-5/h10-12,20,23-31,39,41H,9,13-17H2,1-8H3/t20-,23-,24+,25+,26-,27+,28+,29-,30-,31-,33+,34-,35-,36+/m1/s1. The molecule has 6 fully saturated rings. The number of fused-ring (bicyclic) bond motifs is 2. The Hall–Kier alpha value is -2.52. The second kappa shape index (κ2) is 12.0. The van der Waals surface area contributed by atoms with E-state index in [4.69, 9.17) is 37.9 Å². The number of hydrogen-bond donors (Lipinski definition) is 2. The minimum atomic E-state index is -1.62. The van der Waals surface area contributed by atoms with Crippen molar-refractivity contribution in [2.45, 2.75) is 80.9 Å². The number of rotatable bonds is 11. The molecule has 1 saturated heterocycles. The molecule has 1 heterocycles. The lowest BCUT2D eigenvalue weighted by Crippen LogP contribution is -2.79. The summed E-state index contributed by atoms with van der Waals surface area (Å²) >= 11 is 0. The molecule has 1 aromatic carbocycles. The van der Waals surface area contributed by atoms with Crippen LogP contribution >= 0.6 is 0 Å². The van der Waals surface area contributed by atoms with Gasteiger partial charge in [-0.25, -0.2) is 4.79 Å². The summed E-state index contributed by atoms with van der Waals surface area (Å²) in [5.41, 5.74) is -4.09. The highest BCUT2D eigenvalue weighted by atomic mass is 16.6. The maximum atomic E-state index is 14.1. The molecule has 6 aliphatic rings. The Morgan fingerprint density at radius 1 is 0.959 bits per heavy atom. The number of esters is 2. The van der Waals surface area contributed by atoms with Crippen molar-refractivity contribution in [2.75, 3.05) is 62.4 Å². The van der Waals surface area contributed by atoms with Crippen LogP contribution < -0.4 is 9.47 Å². The van der Waals surface area contributed by atoms with Crippen molar-refractivity contribution >= 4 is 11.9 Å². The van der Waals surface area contributed by atoms with Gasteiger partial charge in [-0.15, -0.1) is 0 Å². The first kappa shape index (κ1) is 34.9. The van der Waals surface area contributed by atoms with Gasteiger partial charge < -0.3 is 48.1 Å². The number of likely N-dealkylation sites (tertiary alicyclic amines) is 1. The molecule has 13 nitrogen and oxygen atoms in total. The van der Waals surface area contributed by atoms with Crippen LogP contribution in [0.3, 0.4) is 0 Å². The van der Waals surface area contributed by atoms with Crippen LogP contribution in [0.4, 0.5) is 0 Å². The molecular weight excluding hydrogens is 638 g/mol. The molecule has 7 bridgehead atoms. The summed E-state index contributed by atoms with van der Waals surface area (Å²) in [7, 11) is 9.53. The topological polar surface area (TPSA) is 152 Å². The van der Waals surface area contributed by atoms with Crippen molar-refractivity contribution in [3.8, 4) is 11.5 Å². The Labute approximate surface area is 287 Å². The molecule has 272 valence electrons. The maximum absolute atomic E-state index is 14.1. The number of carbonyl (C=O) groups excluding carboxylic acids is 2. The van der Waals surface area contributed by atoms with Crippen molar-refractivity contribution in [1.29, 1.82) is 0 Å². The van der Waals surface area contributed by atoms with E-state index in [1.807, 2.05) is 0 Å². The van der Waals surface area contributed by atoms with Crippen LogP contribution in [0.2, 0.25) is 0 Å². The molecule has 1 aliphatic heterocycles. The van der Waals surface area contributed by atoms with Gasteiger partial charge in [-0.3, -0.25) is 9.69 Å². The first-order valence-corrected chi connectivity index (χ1v) is 17.3. The number of methoxy groups -OCH3 is 6. The lowest BCUT2D eigenvalue weighted by atomic mass is 9.42. The molecule has 5 aliphatic carbocycles. The van der Waals surface area contributed by atoms with Crippen LogP contribution in [0.5, 0.6) is 11.5 Å². The van der Waals surface area contributed by atoms with Gasteiger partial charge >= 0.3 is 11.9 Å². The van der Waals surface area contributed by atoms with Gasteiger partial charge in [-0.1, -0.05) is 6.92 Å². The van der Waals surface area contributed by atoms with E-state index in [0.717, 1.165) is 0 Å². The highest BCUT2D eigenvalue weighted by Crippen LogP contribution is 2.80. The fourth-order valence-corrected chi connectivity index (χ4v) is 12.6. The van der Waals surface area contributed by atoms with Crippen molar-refractivity contribution < 1.29 is 57.7 Å². The molecule has 13 heteroatoms. The number of benzene rings is 1. The van der Waals surface area contributed by atoms with Gasteiger partial charge in [0, 0.05) is 89.4 Å². The Kier molecular flexibility index (Phi) is 8.57. The third-order valence-electron chi connectivity index (χ3n) is 13.7. The molecule has 5 saturated carbocycles. The summed E-state index contributed by atoms with van der Waals surface area (Å²) in [6.07, 6.45) is -2.89. The number of ether oxygens (including phenoxy) is 8. The molecule has 0 amide bonds. The summed E-state index contributed by atoms with van der Waals surface area (Å²) in [5, 5.41) is 24.9. The van der Waals surface area contributed by atoms with Gasteiger partial charge in [-0.05, 0) is 37.1 Å². The minimum Gasteiger partial charge on any atom is -0.493 e. The van der Waals surface area contributed by atoms with E-state index in [1.54, 1.807) is 39.5 Å². The van der Waals surface area contributed by atoms with Crippen LogP contribution in [0.15, 0.2) is 18.2 Å². The maximum Gasteiger partial charge on any atom is 0.338 e. The zero-order chi connectivity index (χ0) is 35.3. The highest BCUT2D eigenvalue weighted by molar-refractivity contribution is 5.90. The molecule has 1 spiro atoms. The van der Waals surface area contributed by atoms with E-state index in [1.165, 1.54) is 28.3 Å². The molecule has 7 rings (SSSR count). The summed E-state index contributed by atoms with van der Waals surface area (Å²) in [5.74, 6) is -2.07. The van der Waals surface area contributed by atoms with Gasteiger partial charge in [-0.2, -0.15) is 0 Å². The van der Waals surface area contributed by atoms with Crippen molar-refractivity contribution in [3.63, 3.8) is 0 Å². The van der Waals surface area contributed by atoms with Gasteiger partial charge in [0.1, 0.15) is 17.3 Å². The molecule has 0 aromatic heterocycles. The monoisotopic (exact) mass is 689 g/mol. The smallest absolute Gasteiger partial charge is 0.338 e. The SMILES string of the molecule is CCN1C[C@]2(COC)[C@H](O)C[C@H](OC)[C@@]34[C@@H]5C[C@@]6(O)[C@@H](OC)C[C@@](OC(C)=O)([C@H]5[C@H]6OC(=O)c5ccc(OC)c(OC)c5)[C@@H]([C@H](OC)[C@H]23)[C@@H]14. The molecular formula is C36H51NO12. The number of carbonyl (C=O) groups is 2. The zero-order valence-corrected chi connectivity index (χ0v) is 29.7. The Balaban J connectivity index is 1.46. The third kappa shape index (κ3) is 4.24. The highest BCUT2D eigenvalue weighted by Gasteiger charge is 2.90. The quantitative estimate of drug-likeness (QED) is 0.325. The van der Waals surface area contributed by atoms with Crippen LogP contribution in [0.25, 0.3) is 0 Å². The van der Waals surface area contributed by atoms with Crippen LogP contribution in [0.1, 0.15) is 43.5 Å². The lowest BCUT2D eigenvalue weighted by molar-refractivity contribution is -0.300. The van der Waals surface area contributed by atoms with Crippen molar-refractivity contribution in [2.24, 2.45) is 34.5 Å². The molecule has 14 atom stereocenters. The zero-order valence-electron chi connectivity index (χ0n) is 29.7. The van der Waals surface area contributed by atoms with Crippen LogP contribution in [0, 0.1) is 34.5 Å². The molecule has 0 unspecified atom stereocenters. The first-order valence-electron chi connectivity index (χ1n) is 17.3. The molecule has 0 radical (unpaired) electrons. The Morgan fingerprint density at radius 2 is 1.67 bits per heavy atom. The summed E-state index contributed by atoms with van der Waals surface area (Å²) in [4.78, 5) is 29.8. The fraction of sp³-hybridized carbons (Fsp3) is 0.778. The van der Waals surface area contributed by atoms with E-state index in [-0.39, 0.29) is 42.9 Å². The predicted molar refractivity (Wildman–Crippen MR) is 172 cm³/mol. The van der Waals surface area contributed by atoms with E-state index >= 15 is 0 Å². The summed E-state index contributed by atoms with van der Waals surface area (Å²) in [6, 6.07) is 4.56. The summed E-state index contributed by atoms with van der Waals surface area (Å²) < 4.78 is 48.9. The Bertz CT molecular complexity index is 1480. The average molecular weight is 690 g/mol. The van der Waals surface area contributed by atoms with E-state index in [2.05, 4.69) is 11.8 Å².